The number of rotatable bonds is 6. The Balaban J connectivity index is 1.63. The Hall–Kier alpha value is -3.60. The van der Waals surface area contributed by atoms with E-state index >= 15 is 0 Å². The number of para-hydroxylation sites is 1. The van der Waals surface area contributed by atoms with E-state index in [1.54, 1.807) is 24.3 Å². The summed E-state index contributed by atoms with van der Waals surface area (Å²) >= 11 is 0. The number of benzene rings is 3. The smallest absolute Gasteiger partial charge is 0.337 e. The van der Waals surface area contributed by atoms with Crippen molar-refractivity contribution in [3.05, 3.63) is 84.4 Å². The van der Waals surface area contributed by atoms with Crippen molar-refractivity contribution in [2.75, 3.05) is 19.0 Å². The van der Waals surface area contributed by atoms with Crippen LogP contribution in [0, 0.1) is 0 Å². The highest BCUT2D eigenvalue weighted by Gasteiger charge is 2.09. The number of hydrogen-bond acceptors (Lipinski definition) is 4. The Kier molecular flexibility index (Phi) is 5.84. The molecule has 0 saturated carbocycles. The maximum Gasteiger partial charge on any atom is 0.337 e. The number of amides is 1. The number of esters is 1. The molecule has 5 nitrogen and oxygen atoms in total. The van der Waals surface area contributed by atoms with Crippen molar-refractivity contribution in [3.8, 4) is 16.9 Å². The third-order valence-corrected chi connectivity index (χ3v) is 3.93. The van der Waals surface area contributed by atoms with E-state index in [0.717, 1.165) is 16.8 Å². The van der Waals surface area contributed by atoms with Gasteiger partial charge in [0.25, 0.3) is 5.91 Å². The molecule has 0 heterocycles. The van der Waals surface area contributed by atoms with Gasteiger partial charge in [-0.2, -0.15) is 0 Å². The zero-order chi connectivity index (χ0) is 19.1. The summed E-state index contributed by atoms with van der Waals surface area (Å²) < 4.78 is 10.1. The lowest BCUT2D eigenvalue weighted by Gasteiger charge is -2.12. The highest BCUT2D eigenvalue weighted by atomic mass is 16.5. The molecule has 0 unspecified atom stereocenters. The quantitative estimate of drug-likeness (QED) is 0.670. The molecule has 0 fully saturated rings. The molecule has 0 spiro atoms. The predicted molar refractivity (Wildman–Crippen MR) is 104 cm³/mol. The molecule has 0 aliphatic carbocycles. The van der Waals surface area contributed by atoms with Crippen LogP contribution in [0.25, 0.3) is 11.1 Å². The minimum atomic E-state index is -0.420. The van der Waals surface area contributed by atoms with E-state index in [1.165, 1.54) is 7.11 Å². The Morgan fingerprint density at radius 1 is 0.852 bits per heavy atom. The number of nitrogens with one attached hydrogen (secondary N) is 1. The maximum absolute atomic E-state index is 12.3. The first kappa shape index (κ1) is 18.2. The number of anilines is 1. The van der Waals surface area contributed by atoms with Crippen molar-refractivity contribution in [2.24, 2.45) is 0 Å². The lowest BCUT2D eigenvalue weighted by atomic mass is 10.0. The number of ether oxygens (including phenoxy) is 2. The van der Waals surface area contributed by atoms with Gasteiger partial charge in [-0.15, -0.1) is 0 Å². The van der Waals surface area contributed by atoms with E-state index in [1.807, 2.05) is 54.6 Å². The summed E-state index contributed by atoms with van der Waals surface area (Å²) in [6.45, 7) is -0.138. The fourth-order valence-corrected chi connectivity index (χ4v) is 2.60. The van der Waals surface area contributed by atoms with E-state index in [9.17, 15) is 9.59 Å². The SMILES string of the molecule is COC(=O)c1ccc(OCC(=O)Nc2ccccc2-c2ccccc2)cc1. The van der Waals surface area contributed by atoms with Crippen molar-refractivity contribution in [3.63, 3.8) is 0 Å². The Morgan fingerprint density at radius 2 is 1.52 bits per heavy atom. The van der Waals surface area contributed by atoms with E-state index in [4.69, 9.17) is 4.74 Å². The second kappa shape index (κ2) is 8.67. The minimum Gasteiger partial charge on any atom is -0.484 e. The van der Waals surface area contributed by atoms with Crippen molar-refractivity contribution in [1.82, 2.24) is 0 Å². The lowest BCUT2D eigenvalue weighted by molar-refractivity contribution is -0.118. The molecule has 27 heavy (non-hydrogen) atoms. The van der Waals surface area contributed by atoms with Crippen LogP contribution in [-0.2, 0) is 9.53 Å². The summed E-state index contributed by atoms with van der Waals surface area (Å²) in [5, 5.41) is 2.88. The third-order valence-electron chi connectivity index (χ3n) is 3.93. The normalized spacial score (nSPS) is 10.1. The Labute approximate surface area is 157 Å². The molecule has 3 aromatic carbocycles. The van der Waals surface area contributed by atoms with Gasteiger partial charge in [0.2, 0.25) is 0 Å². The molecule has 0 saturated heterocycles. The van der Waals surface area contributed by atoms with Crippen molar-refractivity contribution in [2.45, 2.75) is 0 Å². The highest BCUT2D eigenvalue weighted by Crippen LogP contribution is 2.27. The second-order valence-electron chi connectivity index (χ2n) is 5.76. The van der Waals surface area contributed by atoms with Crippen LogP contribution in [0.4, 0.5) is 5.69 Å². The van der Waals surface area contributed by atoms with Crippen molar-refractivity contribution in [1.29, 1.82) is 0 Å². The van der Waals surface area contributed by atoms with Gasteiger partial charge < -0.3 is 14.8 Å². The van der Waals surface area contributed by atoms with Crippen LogP contribution in [0.1, 0.15) is 10.4 Å². The van der Waals surface area contributed by atoms with Gasteiger partial charge in [-0.05, 0) is 35.9 Å². The first-order chi connectivity index (χ1) is 13.2. The highest BCUT2D eigenvalue weighted by molar-refractivity contribution is 5.96. The number of carbonyl (C=O) groups is 2. The maximum atomic E-state index is 12.3. The second-order valence-corrected chi connectivity index (χ2v) is 5.76. The molecule has 3 rings (SSSR count). The predicted octanol–water partition coefficient (Wildman–Crippen LogP) is 4.16. The molecule has 5 heteroatoms. The van der Waals surface area contributed by atoms with Gasteiger partial charge in [-0.1, -0.05) is 48.5 Å². The van der Waals surface area contributed by atoms with Crippen molar-refractivity contribution < 1.29 is 19.1 Å². The van der Waals surface area contributed by atoms with E-state index in [-0.39, 0.29) is 12.5 Å². The van der Waals surface area contributed by atoms with Crippen LogP contribution in [-0.4, -0.2) is 25.6 Å². The Bertz CT molecular complexity index is 921. The summed E-state index contributed by atoms with van der Waals surface area (Å²) in [5.74, 6) is -0.193. The summed E-state index contributed by atoms with van der Waals surface area (Å²) in [6, 6.07) is 23.9. The third kappa shape index (κ3) is 4.73. The fraction of sp³-hybridized carbons (Fsp3) is 0.0909. The molecule has 1 N–H and O–H groups in total. The molecule has 3 aromatic rings. The van der Waals surface area contributed by atoms with E-state index in [0.29, 0.717) is 11.3 Å². The lowest BCUT2D eigenvalue weighted by Crippen LogP contribution is -2.20. The average Bonchev–Trinajstić information content (AvgIpc) is 2.73. The van der Waals surface area contributed by atoms with Crippen LogP contribution in [0.5, 0.6) is 5.75 Å². The fourth-order valence-electron chi connectivity index (χ4n) is 2.60. The van der Waals surface area contributed by atoms with Gasteiger partial charge in [0.1, 0.15) is 5.75 Å². The number of methoxy groups -OCH3 is 1. The van der Waals surface area contributed by atoms with E-state index in [2.05, 4.69) is 10.1 Å². The molecule has 0 atom stereocenters. The first-order valence-corrected chi connectivity index (χ1v) is 8.43. The molecule has 136 valence electrons. The van der Waals surface area contributed by atoms with Crippen LogP contribution < -0.4 is 10.1 Å². The van der Waals surface area contributed by atoms with Gasteiger partial charge in [0.15, 0.2) is 6.61 Å². The van der Waals surface area contributed by atoms with Crippen LogP contribution in [0.3, 0.4) is 0 Å². The zero-order valence-electron chi connectivity index (χ0n) is 14.8. The summed E-state index contributed by atoms with van der Waals surface area (Å²) in [6.07, 6.45) is 0. The van der Waals surface area contributed by atoms with Gasteiger partial charge in [0, 0.05) is 11.3 Å². The number of carbonyl (C=O) groups excluding carboxylic acids is 2. The topological polar surface area (TPSA) is 64.6 Å². The van der Waals surface area contributed by atoms with Crippen LogP contribution in [0.15, 0.2) is 78.9 Å². The van der Waals surface area contributed by atoms with Crippen molar-refractivity contribution >= 4 is 17.6 Å². The van der Waals surface area contributed by atoms with Gasteiger partial charge in [0.05, 0.1) is 12.7 Å². The molecule has 0 bridgehead atoms. The molecule has 0 aliphatic heterocycles. The molecule has 1 amide bonds. The molecular formula is C22H19NO4. The van der Waals surface area contributed by atoms with Gasteiger partial charge in [-0.3, -0.25) is 4.79 Å². The summed E-state index contributed by atoms with van der Waals surface area (Å²) in [7, 11) is 1.32. The average molecular weight is 361 g/mol. The summed E-state index contributed by atoms with van der Waals surface area (Å²) in [4.78, 5) is 23.7. The molecule has 0 radical (unpaired) electrons. The molecule has 0 aliphatic rings. The van der Waals surface area contributed by atoms with Crippen LogP contribution in [0.2, 0.25) is 0 Å². The largest absolute Gasteiger partial charge is 0.484 e. The van der Waals surface area contributed by atoms with E-state index < -0.39 is 5.97 Å². The number of hydrogen-bond donors (Lipinski definition) is 1. The summed E-state index contributed by atoms with van der Waals surface area (Å²) in [5.41, 5.74) is 3.10. The zero-order valence-corrected chi connectivity index (χ0v) is 14.8. The minimum absolute atomic E-state index is 0.138. The monoisotopic (exact) mass is 361 g/mol. The van der Waals surface area contributed by atoms with Gasteiger partial charge in [-0.25, -0.2) is 4.79 Å². The van der Waals surface area contributed by atoms with Gasteiger partial charge >= 0.3 is 5.97 Å². The van der Waals surface area contributed by atoms with Crippen LogP contribution >= 0.6 is 0 Å². The molecular weight excluding hydrogens is 342 g/mol. The Morgan fingerprint density at radius 3 is 2.22 bits per heavy atom. The standard InChI is InChI=1S/C22H19NO4/c1-26-22(25)17-11-13-18(14-12-17)27-15-21(24)23-20-10-6-5-9-19(20)16-7-3-2-4-8-16/h2-14H,15H2,1H3,(H,23,24). The first-order valence-electron chi connectivity index (χ1n) is 8.43. The molecule has 0 aromatic heterocycles.